The minimum atomic E-state index is -5.26. The minimum Gasteiger partial charge on any atom is -0.394 e. The number of carbonyl (C=O) groups is 1. The lowest BCUT2D eigenvalue weighted by Gasteiger charge is -2.49. The van der Waals surface area contributed by atoms with Crippen LogP contribution < -0.4 is 5.32 Å². The molecule has 0 aromatic rings. The standard InChI is InChI=1S/C23H39NO19S/c1-3-4-37-22-16(32)15(31)18(11(7-27)40-22)41-21-12(24-8(2)28)19(13(29)9(5-25)38-21)42-23-17(33)20(43-44(34,35)36)14(30)10(6-26)39-23/h3,9-23,25-27,29-33H,1,4-7H2,2H3,(H,24,28)(H,34,35,36)/t9-,10-,11-,12-,13-,14+,15-,16-,17-,18+,19-,20+,21+,22-,23+/m1/s1. The smallest absolute Gasteiger partial charge is 0.394 e. The SMILES string of the molecule is C=CCO[C@@H]1O[C@H](CO)[C@H](O[C@@H]2O[C@H](CO)[C@@H](O)[C@H](O[C@@H]3O[C@H](CO)[C@H](O)[C@H](OS(=O)(=O)O)[C@H]3O)[C@H]2NC(C)=O)[C@H](O)[C@H]1O. The fourth-order valence-corrected chi connectivity index (χ4v) is 5.49. The first-order valence-corrected chi connectivity index (χ1v) is 14.7. The summed E-state index contributed by atoms with van der Waals surface area (Å²) in [5, 5.41) is 85.2. The van der Waals surface area contributed by atoms with Crippen LogP contribution in [0.1, 0.15) is 6.92 Å². The van der Waals surface area contributed by atoms with Crippen LogP contribution in [0.25, 0.3) is 0 Å². The van der Waals surface area contributed by atoms with Gasteiger partial charge in [-0.2, -0.15) is 8.42 Å². The first-order valence-electron chi connectivity index (χ1n) is 13.3. The quantitative estimate of drug-likeness (QED) is 0.0646. The second kappa shape index (κ2) is 15.9. The Morgan fingerprint density at radius 3 is 1.82 bits per heavy atom. The molecule has 3 heterocycles. The van der Waals surface area contributed by atoms with E-state index >= 15 is 0 Å². The van der Waals surface area contributed by atoms with Crippen molar-refractivity contribution in [3.63, 3.8) is 0 Å². The third kappa shape index (κ3) is 8.65. The van der Waals surface area contributed by atoms with Gasteiger partial charge in [0.2, 0.25) is 5.91 Å². The Kier molecular flexibility index (Phi) is 13.3. The van der Waals surface area contributed by atoms with E-state index in [-0.39, 0.29) is 6.61 Å². The summed E-state index contributed by atoms with van der Waals surface area (Å²) in [6, 6.07) is -1.58. The molecule has 20 nitrogen and oxygen atoms in total. The molecule has 0 aromatic carbocycles. The van der Waals surface area contributed by atoms with Crippen LogP contribution >= 0.6 is 0 Å². The Labute approximate surface area is 251 Å². The highest BCUT2D eigenvalue weighted by atomic mass is 32.3. The van der Waals surface area contributed by atoms with Crippen LogP contribution in [0.4, 0.5) is 0 Å². The maximum Gasteiger partial charge on any atom is 0.397 e. The second-order valence-corrected chi connectivity index (χ2v) is 11.2. The van der Waals surface area contributed by atoms with E-state index < -0.39 is 128 Å². The largest absolute Gasteiger partial charge is 0.397 e. The van der Waals surface area contributed by atoms with Gasteiger partial charge < -0.3 is 74.6 Å². The molecule has 0 spiro atoms. The van der Waals surface area contributed by atoms with Crippen molar-refractivity contribution in [1.29, 1.82) is 0 Å². The lowest BCUT2D eigenvalue weighted by Crippen LogP contribution is -2.69. The number of nitrogens with one attached hydrogen (secondary N) is 1. The van der Waals surface area contributed by atoms with Crippen LogP contribution in [0.15, 0.2) is 12.7 Å². The topological polar surface area (TPSA) is 310 Å². The maximum atomic E-state index is 12.2. The maximum absolute atomic E-state index is 12.2. The van der Waals surface area contributed by atoms with Crippen LogP contribution in [0, 0.1) is 0 Å². The molecule has 3 saturated heterocycles. The molecule has 0 radical (unpaired) electrons. The monoisotopic (exact) mass is 665 g/mol. The predicted molar refractivity (Wildman–Crippen MR) is 137 cm³/mol. The van der Waals surface area contributed by atoms with E-state index in [1.807, 2.05) is 0 Å². The van der Waals surface area contributed by atoms with Gasteiger partial charge in [0.25, 0.3) is 0 Å². The van der Waals surface area contributed by atoms with Crippen LogP contribution in [0.5, 0.6) is 0 Å². The van der Waals surface area contributed by atoms with Crippen molar-refractivity contribution in [2.75, 3.05) is 26.4 Å². The number of rotatable bonds is 13. The molecular weight excluding hydrogens is 626 g/mol. The van der Waals surface area contributed by atoms with E-state index in [9.17, 15) is 54.1 Å². The molecule has 0 unspecified atom stereocenters. The zero-order valence-corrected chi connectivity index (χ0v) is 24.1. The molecule has 3 rings (SSSR count). The summed E-state index contributed by atoms with van der Waals surface area (Å²) in [5.74, 6) is -0.756. The third-order valence-electron chi connectivity index (χ3n) is 7.06. The summed E-state index contributed by atoms with van der Waals surface area (Å²) in [6.07, 6.45) is -23.4. The normalized spacial score (nSPS) is 43.4. The molecule has 0 bridgehead atoms. The highest BCUT2D eigenvalue weighted by Crippen LogP contribution is 2.33. The number of amides is 1. The molecule has 256 valence electrons. The van der Waals surface area contributed by atoms with Gasteiger partial charge in [-0.05, 0) is 0 Å². The predicted octanol–water partition coefficient (Wildman–Crippen LogP) is -6.39. The molecule has 1 amide bonds. The zero-order chi connectivity index (χ0) is 32.9. The fraction of sp³-hybridized carbons (Fsp3) is 0.870. The van der Waals surface area contributed by atoms with Gasteiger partial charge in [0, 0.05) is 6.92 Å². The van der Waals surface area contributed by atoms with Crippen LogP contribution in [0.2, 0.25) is 0 Å². The Morgan fingerprint density at radius 2 is 1.30 bits per heavy atom. The molecule has 3 aliphatic heterocycles. The molecule has 0 aliphatic carbocycles. The Balaban J connectivity index is 1.92. The summed E-state index contributed by atoms with van der Waals surface area (Å²) in [7, 11) is -5.26. The summed E-state index contributed by atoms with van der Waals surface area (Å²) in [6.45, 7) is 1.82. The van der Waals surface area contributed by atoms with Gasteiger partial charge in [-0.3, -0.25) is 9.35 Å². The van der Waals surface area contributed by atoms with Crippen molar-refractivity contribution in [1.82, 2.24) is 5.32 Å². The van der Waals surface area contributed by atoms with Crippen molar-refractivity contribution in [2.45, 2.75) is 99.0 Å². The summed E-state index contributed by atoms with van der Waals surface area (Å²) < 4.78 is 69.4. The summed E-state index contributed by atoms with van der Waals surface area (Å²) >= 11 is 0. The number of aliphatic hydroxyl groups excluding tert-OH is 8. The van der Waals surface area contributed by atoms with Crippen molar-refractivity contribution >= 4 is 16.3 Å². The van der Waals surface area contributed by atoms with E-state index in [1.165, 1.54) is 6.08 Å². The van der Waals surface area contributed by atoms with E-state index in [4.69, 9.17) is 33.0 Å². The highest BCUT2D eigenvalue weighted by Gasteiger charge is 2.55. The van der Waals surface area contributed by atoms with E-state index in [1.54, 1.807) is 0 Å². The van der Waals surface area contributed by atoms with Crippen molar-refractivity contribution in [3.8, 4) is 0 Å². The van der Waals surface area contributed by atoms with Gasteiger partial charge in [0.15, 0.2) is 18.9 Å². The number of hydrogen-bond acceptors (Lipinski definition) is 18. The number of aliphatic hydroxyl groups is 8. The lowest BCUT2D eigenvalue weighted by molar-refractivity contribution is -0.364. The molecule has 10 N–H and O–H groups in total. The summed E-state index contributed by atoms with van der Waals surface area (Å²) in [5.41, 5.74) is 0. The average Bonchev–Trinajstić information content (AvgIpc) is 2.96. The Morgan fingerprint density at radius 1 is 0.773 bits per heavy atom. The van der Waals surface area contributed by atoms with Gasteiger partial charge in [0.1, 0.15) is 73.2 Å². The summed E-state index contributed by atoms with van der Waals surface area (Å²) in [4.78, 5) is 12.2. The molecule has 3 fully saturated rings. The van der Waals surface area contributed by atoms with Gasteiger partial charge >= 0.3 is 10.4 Å². The third-order valence-corrected chi connectivity index (χ3v) is 7.52. The number of hydrogen-bond donors (Lipinski definition) is 10. The first kappa shape index (κ1) is 37.0. The van der Waals surface area contributed by atoms with Crippen LogP contribution in [-0.2, 0) is 47.8 Å². The Hall–Kier alpha value is -1.48. The van der Waals surface area contributed by atoms with Crippen molar-refractivity contribution < 1.29 is 91.2 Å². The molecule has 21 heteroatoms. The van der Waals surface area contributed by atoms with Crippen LogP contribution in [0.3, 0.4) is 0 Å². The van der Waals surface area contributed by atoms with E-state index in [0.717, 1.165) is 6.92 Å². The van der Waals surface area contributed by atoms with Crippen LogP contribution in [-0.4, -0.2) is 178 Å². The molecular formula is C23H39NO19S. The molecule has 0 aromatic heterocycles. The zero-order valence-electron chi connectivity index (χ0n) is 23.3. The Bertz CT molecular complexity index is 1050. The highest BCUT2D eigenvalue weighted by molar-refractivity contribution is 7.80. The minimum absolute atomic E-state index is 0.0804. The molecule has 15 atom stereocenters. The molecule has 0 saturated carbocycles. The fourth-order valence-electron chi connectivity index (χ4n) is 4.98. The van der Waals surface area contributed by atoms with Crippen molar-refractivity contribution in [2.24, 2.45) is 0 Å². The van der Waals surface area contributed by atoms with Gasteiger partial charge in [-0.1, -0.05) is 6.08 Å². The first-order chi connectivity index (χ1) is 20.7. The lowest BCUT2D eigenvalue weighted by atomic mass is 9.94. The van der Waals surface area contributed by atoms with E-state index in [0.29, 0.717) is 0 Å². The van der Waals surface area contributed by atoms with Gasteiger partial charge in [-0.15, -0.1) is 6.58 Å². The van der Waals surface area contributed by atoms with Gasteiger partial charge in [-0.25, -0.2) is 4.18 Å². The number of ether oxygens (including phenoxy) is 6. The van der Waals surface area contributed by atoms with Crippen molar-refractivity contribution in [3.05, 3.63) is 12.7 Å². The molecule has 44 heavy (non-hydrogen) atoms. The second-order valence-electron chi connectivity index (χ2n) is 10.2. The number of carbonyl (C=O) groups excluding carboxylic acids is 1. The molecule has 3 aliphatic rings. The van der Waals surface area contributed by atoms with Gasteiger partial charge in [0.05, 0.1) is 26.4 Å². The van der Waals surface area contributed by atoms with E-state index in [2.05, 4.69) is 16.1 Å². The average molecular weight is 666 g/mol.